The number of primary amides is 1. The van der Waals surface area contributed by atoms with Crippen LogP contribution in [0.1, 0.15) is 10.4 Å². The van der Waals surface area contributed by atoms with Gasteiger partial charge in [0.25, 0.3) is 5.91 Å². The first kappa shape index (κ1) is 13.6. The summed E-state index contributed by atoms with van der Waals surface area (Å²) in [5, 5.41) is 9.36. The van der Waals surface area contributed by atoms with Crippen LogP contribution in [-0.2, 0) is 9.53 Å². The number of halogens is 1. The highest BCUT2D eigenvalue weighted by molar-refractivity contribution is 6.31. The maximum absolute atomic E-state index is 11.4. The second-order valence-corrected chi connectivity index (χ2v) is 4.61. The molecule has 0 saturated carbocycles. The van der Waals surface area contributed by atoms with Crippen molar-refractivity contribution in [2.45, 2.75) is 6.10 Å². The zero-order valence-corrected chi connectivity index (χ0v) is 10.8. The van der Waals surface area contributed by atoms with Crippen LogP contribution in [0, 0.1) is 0 Å². The fraction of sp³-hybridized carbons (Fsp3) is 0.333. The number of ether oxygens (including phenoxy) is 1. The molecule has 1 fully saturated rings. The highest BCUT2D eigenvalue weighted by Crippen LogP contribution is 2.25. The number of carbonyl (C=O) groups is 2. The van der Waals surface area contributed by atoms with Gasteiger partial charge in [-0.1, -0.05) is 11.6 Å². The molecule has 7 heteroatoms. The van der Waals surface area contributed by atoms with Crippen molar-refractivity contribution in [1.82, 2.24) is 0 Å². The Morgan fingerprint density at radius 3 is 2.84 bits per heavy atom. The number of rotatable bonds is 3. The Balaban J connectivity index is 2.30. The monoisotopic (exact) mass is 284 g/mol. The topological polar surface area (TPSA) is 92.9 Å². The largest absolute Gasteiger partial charge is 0.479 e. The average Bonchev–Trinajstić information content (AvgIpc) is 2.38. The summed E-state index contributed by atoms with van der Waals surface area (Å²) in [5.74, 6) is -1.63. The molecular weight excluding hydrogens is 272 g/mol. The van der Waals surface area contributed by atoms with E-state index in [1.165, 1.54) is 6.07 Å². The molecule has 1 aromatic carbocycles. The summed E-state index contributed by atoms with van der Waals surface area (Å²) in [5.41, 5.74) is 6.16. The Labute approximate surface area is 114 Å². The molecule has 2 rings (SSSR count). The van der Waals surface area contributed by atoms with Crippen LogP contribution in [0.25, 0.3) is 0 Å². The Morgan fingerprint density at radius 2 is 2.21 bits per heavy atom. The summed E-state index contributed by atoms with van der Waals surface area (Å²) in [6.45, 7) is 0.931. The van der Waals surface area contributed by atoms with E-state index in [-0.39, 0.29) is 18.7 Å². The smallest absolute Gasteiger partial charge is 0.334 e. The summed E-state index contributed by atoms with van der Waals surface area (Å²) in [7, 11) is 0. The normalized spacial score (nSPS) is 19.2. The first-order chi connectivity index (χ1) is 8.99. The molecule has 1 saturated heterocycles. The van der Waals surface area contributed by atoms with Gasteiger partial charge in [-0.05, 0) is 18.2 Å². The van der Waals surface area contributed by atoms with Crippen molar-refractivity contribution in [1.29, 1.82) is 0 Å². The van der Waals surface area contributed by atoms with Gasteiger partial charge in [-0.25, -0.2) is 4.79 Å². The molecule has 3 N–H and O–H groups in total. The number of benzene rings is 1. The number of morpholine rings is 1. The van der Waals surface area contributed by atoms with Gasteiger partial charge in [0.15, 0.2) is 6.10 Å². The molecule has 0 aliphatic carbocycles. The molecule has 0 aromatic heterocycles. The standard InChI is InChI=1S/C12H13ClN2O4/c13-7-1-2-9(8(5-7)11(14)16)15-3-4-19-10(6-15)12(17)18/h1-2,5,10H,3-4,6H2,(H2,14,16)(H,17,18). The van der Waals surface area contributed by atoms with E-state index < -0.39 is 18.0 Å². The minimum absolute atomic E-state index is 0.164. The second-order valence-electron chi connectivity index (χ2n) is 4.17. The third-order valence-electron chi connectivity index (χ3n) is 2.91. The molecule has 1 aliphatic heterocycles. The predicted molar refractivity (Wildman–Crippen MR) is 69.6 cm³/mol. The number of aliphatic carboxylic acids is 1. The zero-order valence-electron chi connectivity index (χ0n) is 10.0. The molecule has 1 aliphatic rings. The molecule has 102 valence electrons. The molecule has 1 atom stereocenters. The summed E-state index contributed by atoms with van der Waals surface area (Å²) < 4.78 is 5.13. The SMILES string of the molecule is NC(=O)c1cc(Cl)ccc1N1CCOC(C(=O)O)C1. The Hall–Kier alpha value is -1.79. The molecule has 6 nitrogen and oxygen atoms in total. The van der Waals surface area contributed by atoms with Crippen molar-refractivity contribution in [3.05, 3.63) is 28.8 Å². The number of carbonyl (C=O) groups excluding carboxylic acids is 1. The van der Waals surface area contributed by atoms with Crippen LogP contribution in [-0.4, -0.2) is 42.8 Å². The number of anilines is 1. The molecule has 1 amide bonds. The lowest BCUT2D eigenvalue weighted by Crippen LogP contribution is -2.46. The van der Waals surface area contributed by atoms with Gasteiger partial charge in [0.05, 0.1) is 18.7 Å². The van der Waals surface area contributed by atoms with Crippen molar-refractivity contribution in [3.8, 4) is 0 Å². The van der Waals surface area contributed by atoms with Crippen molar-refractivity contribution in [3.63, 3.8) is 0 Å². The molecule has 0 bridgehead atoms. The summed E-state index contributed by atoms with van der Waals surface area (Å²) in [4.78, 5) is 24.1. The third kappa shape index (κ3) is 2.97. The molecule has 1 heterocycles. The van der Waals surface area contributed by atoms with Crippen LogP contribution >= 0.6 is 11.6 Å². The first-order valence-corrected chi connectivity index (χ1v) is 6.05. The minimum Gasteiger partial charge on any atom is -0.479 e. The number of nitrogens with zero attached hydrogens (tertiary/aromatic N) is 1. The number of nitrogens with two attached hydrogens (primary N) is 1. The van der Waals surface area contributed by atoms with Crippen LogP contribution in [0.3, 0.4) is 0 Å². The van der Waals surface area contributed by atoms with E-state index >= 15 is 0 Å². The van der Waals surface area contributed by atoms with Crippen LogP contribution in [0.2, 0.25) is 5.02 Å². The van der Waals surface area contributed by atoms with Crippen LogP contribution in [0.4, 0.5) is 5.69 Å². The third-order valence-corrected chi connectivity index (χ3v) is 3.14. The Kier molecular flexibility index (Phi) is 3.92. The number of hydrogen-bond donors (Lipinski definition) is 2. The molecule has 0 spiro atoms. The molecule has 0 radical (unpaired) electrons. The van der Waals surface area contributed by atoms with E-state index in [1.54, 1.807) is 17.0 Å². The van der Waals surface area contributed by atoms with Gasteiger partial charge >= 0.3 is 5.97 Å². The van der Waals surface area contributed by atoms with Crippen LogP contribution < -0.4 is 10.6 Å². The number of amides is 1. The van der Waals surface area contributed by atoms with E-state index in [2.05, 4.69) is 0 Å². The highest BCUT2D eigenvalue weighted by atomic mass is 35.5. The van der Waals surface area contributed by atoms with Gasteiger partial charge in [-0.3, -0.25) is 4.79 Å². The fourth-order valence-corrected chi connectivity index (χ4v) is 2.17. The summed E-state index contributed by atoms with van der Waals surface area (Å²) in [6.07, 6.45) is -0.912. The molecule has 1 aromatic rings. The van der Waals surface area contributed by atoms with Gasteiger partial charge in [-0.2, -0.15) is 0 Å². The molecule has 1 unspecified atom stereocenters. The molecule has 19 heavy (non-hydrogen) atoms. The van der Waals surface area contributed by atoms with E-state index in [4.69, 9.17) is 27.2 Å². The van der Waals surface area contributed by atoms with E-state index in [0.717, 1.165) is 0 Å². The fourth-order valence-electron chi connectivity index (χ4n) is 2.00. The van der Waals surface area contributed by atoms with E-state index in [0.29, 0.717) is 17.3 Å². The lowest BCUT2D eigenvalue weighted by molar-refractivity contribution is -0.150. The number of hydrogen-bond acceptors (Lipinski definition) is 4. The Morgan fingerprint density at radius 1 is 1.47 bits per heavy atom. The number of carboxylic acids is 1. The van der Waals surface area contributed by atoms with Gasteiger partial charge in [0.2, 0.25) is 0 Å². The summed E-state index contributed by atoms with van der Waals surface area (Å²) >= 11 is 5.83. The van der Waals surface area contributed by atoms with Gasteiger partial charge in [0.1, 0.15) is 0 Å². The molecular formula is C12H13ClN2O4. The lowest BCUT2D eigenvalue weighted by Gasteiger charge is -2.33. The van der Waals surface area contributed by atoms with Crippen molar-refractivity contribution < 1.29 is 19.4 Å². The predicted octanol–water partition coefficient (Wildman–Crippen LogP) is 0.729. The second kappa shape index (κ2) is 5.46. The average molecular weight is 285 g/mol. The number of carboxylic acid groups (broad SMARTS) is 1. The van der Waals surface area contributed by atoms with Crippen molar-refractivity contribution in [2.75, 3.05) is 24.6 Å². The maximum atomic E-state index is 11.4. The van der Waals surface area contributed by atoms with Crippen LogP contribution in [0.5, 0.6) is 0 Å². The first-order valence-electron chi connectivity index (χ1n) is 5.67. The zero-order chi connectivity index (χ0) is 14.0. The van der Waals surface area contributed by atoms with E-state index in [1.807, 2.05) is 0 Å². The van der Waals surface area contributed by atoms with E-state index in [9.17, 15) is 9.59 Å². The quantitative estimate of drug-likeness (QED) is 0.853. The van der Waals surface area contributed by atoms with Crippen LogP contribution in [0.15, 0.2) is 18.2 Å². The lowest BCUT2D eigenvalue weighted by atomic mass is 10.1. The highest BCUT2D eigenvalue weighted by Gasteiger charge is 2.28. The maximum Gasteiger partial charge on any atom is 0.334 e. The van der Waals surface area contributed by atoms with Gasteiger partial charge in [0, 0.05) is 17.3 Å². The van der Waals surface area contributed by atoms with Crippen molar-refractivity contribution >= 4 is 29.2 Å². The Bertz CT molecular complexity index is 520. The minimum atomic E-state index is -1.03. The summed E-state index contributed by atoms with van der Waals surface area (Å²) in [6, 6.07) is 4.77. The van der Waals surface area contributed by atoms with Crippen molar-refractivity contribution in [2.24, 2.45) is 5.73 Å². The van der Waals surface area contributed by atoms with Gasteiger partial charge in [-0.15, -0.1) is 0 Å². The van der Waals surface area contributed by atoms with Gasteiger partial charge < -0.3 is 20.5 Å².